The summed E-state index contributed by atoms with van der Waals surface area (Å²) in [5, 5.41) is 4.10. The zero-order valence-corrected chi connectivity index (χ0v) is 13.1. The minimum absolute atomic E-state index is 0.262. The van der Waals surface area contributed by atoms with Crippen LogP contribution in [0.2, 0.25) is 0 Å². The van der Waals surface area contributed by atoms with E-state index >= 15 is 0 Å². The van der Waals surface area contributed by atoms with Gasteiger partial charge in [0, 0.05) is 30.8 Å². The minimum atomic E-state index is -0.341. The fourth-order valence-corrected chi connectivity index (χ4v) is 3.19. The van der Waals surface area contributed by atoms with Crippen molar-refractivity contribution in [3.8, 4) is 11.5 Å². The number of hydrogen-bond acceptors (Lipinski definition) is 6. The predicted octanol–water partition coefficient (Wildman–Crippen LogP) is 2.59. The molecule has 0 N–H and O–H groups in total. The molecule has 3 aromatic rings. The summed E-state index contributed by atoms with van der Waals surface area (Å²) < 4.78 is 19.1. The van der Waals surface area contributed by atoms with Gasteiger partial charge in [0.2, 0.25) is 11.7 Å². The van der Waals surface area contributed by atoms with Gasteiger partial charge in [-0.25, -0.2) is 4.98 Å². The molecule has 1 saturated carbocycles. The first-order valence-corrected chi connectivity index (χ1v) is 7.98. The maximum Gasteiger partial charge on any atom is 0.230 e. The summed E-state index contributed by atoms with van der Waals surface area (Å²) >= 11 is 0. The molecular formula is C17H16N4O3. The summed E-state index contributed by atoms with van der Waals surface area (Å²) in [6, 6.07) is 7.59. The second-order valence-electron chi connectivity index (χ2n) is 6.23. The monoisotopic (exact) mass is 324 g/mol. The van der Waals surface area contributed by atoms with Crippen LogP contribution in [0, 0.1) is 0 Å². The molecule has 7 nitrogen and oxygen atoms in total. The molecule has 1 aliphatic carbocycles. The van der Waals surface area contributed by atoms with Gasteiger partial charge in [0.15, 0.2) is 17.6 Å². The summed E-state index contributed by atoms with van der Waals surface area (Å²) in [6.07, 6.45) is 4.38. The van der Waals surface area contributed by atoms with Gasteiger partial charge in [-0.2, -0.15) is 4.98 Å². The highest BCUT2D eigenvalue weighted by Gasteiger charge is 2.45. The van der Waals surface area contributed by atoms with Crippen molar-refractivity contribution in [2.75, 3.05) is 6.61 Å². The van der Waals surface area contributed by atoms with Crippen molar-refractivity contribution < 1.29 is 14.0 Å². The highest BCUT2D eigenvalue weighted by Crippen LogP contribution is 2.54. The van der Waals surface area contributed by atoms with Crippen molar-refractivity contribution in [1.29, 1.82) is 0 Å². The van der Waals surface area contributed by atoms with E-state index in [0.29, 0.717) is 30.0 Å². The van der Waals surface area contributed by atoms with Crippen molar-refractivity contribution in [2.24, 2.45) is 7.05 Å². The lowest BCUT2D eigenvalue weighted by atomic mass is 10.2. The largest absolute Gasteiger partial charge is 0.485 e. The van der Waals surface area contributed by atoms with Crippen LogP contribution in [-0.4, -0.2) is 26.3 Å². The van der Waals surface area contributed by atoms with Crippen LogP contribution in [0.5, 0.6) is 11.5 Å². The zero-order chi connectivity index (χ0) is 16.1. The molecule has 3 heterocycles. The van der Waals surface area contributed by atoms with Crippen molar-refractivity contribution in [3.63, 3.8) is 0 Å². The molecule has 3 atom stereocenters. The number of rotatable bonds is 3. The first-order chi connectivity index (χ1) is 11.8. The Labute approximate surface area is 138 Å². The van der Waals surface area contributed by atoms with E-state index in [1.54, 1.807) is 0 Å². The number of aromatic nitrogens is 4. The smallest absolute Gasteiger partial charge is 0.230 e. The van der Waals surface area contributed by atoms with Crippen LogP contribution in [0.15, 0.2) is 41.3 Å². The lowest BCUT2D eigenvalue weighted by Gasteiger charge is -2.24. The average molecular weight is 324 g/mol. The molecule has 7 heteroatoms. The van der Waals surface area contributed by atoms with Gasteiger partial charge in [0.1, 0.15) is 6.61 Å². The second-order valence-corrected chi connectivity index (χ2v) is 6.23. The van der Waals surface area contributed by atoms with Crippen LogP contribution in [0.3, 0.4) is 0 Å². The molecule has 0 amide bonds. The Bertz CT molecular complexity index is 887. The summed E-state index contributed by atoms with van der Waals surface area (Å²) in [4.78, 5) is 8.72. The maximum atomic E-state index is 5.93. The van der Waals surface area contributed by atoms with E-state index < -0.39 is 0 Å². The molecule has 5 rings (SSSR count). The van der Waals surface area contributed by atoms with Gasteiger partial charge in [-0.05, 0) is 18.6 Å². The molecule has 1 aromatic carbocycles. The molecule has 0 saturated heterocycles. The van der Waals surface area contributed by atoms with E-state index in [-0.39, 0.29) is 12.0 Å². The van der Waals surface area contributed by atoms with Crippen molar-refractivity contribution >= 4 is 0 Å². The van der Waals surface area contributed by atoms with Crippen molar-refractivity contribution in [2.45, 2.75) is 24.4 Å². The number of nitrogens with zero attached hydrogens (tertiary/aromatic N) is 4. The van der Waals surface area contributed by atoms with Gasteiger partial charge in [0.25, 0.3) is 0 Å². The molecule has 2 aliphatic rings. The lowest BCUT2D eigenvalue weighted by Crippen LogP contribution is -2.22. The number of imidazole rings is 1. The third kappa shape index (κ3) is 2.16. The Kier molecular flexibility index (Phi) is 2.88. The SMILES string of the molecule is Cn1cncc1[C@@H]1C[C@H]1c1nc(C2COc3ccccc3O2)no1. The minimum Gasteiger partial charge on any atom is -0.485 e. The molecular weight excluding hydrogens is 308 g/mol. The average Bonchev–Trinajstić information content (AvgIpc) is 3.04. The van der Waals surface area contributed by atoms with Gasteiger partial charge in [-0.15, -0.1) is 0 Å². The van der Waals surface area contributed by atoms with Gasteiger partial charge >= 0.3 is 0 Å². The first-order valence-electron chi connectivity index (χ1n) is 7.98. The Morgan fingerprint density at radius 3 is 2.88 bits per heavy atom. The molecule has 0 radical (unpaired) electrons. The van der Waals surface area contributed by atoms with E-state index in [0.717, 1.165) is 12.2 Å². The van der Waals surface area contributed by atoms with Gasteiger partial charge in [-0.3, -0.25) is 0 Å². The standard InChI is InChI=1S/C17H16N4O3/c1-21-9-18-7-12(21)10-6-11(10)17-19-16(20-24-17)15-8-22-13-4-2-3-5-14(13)23-15/h2-5,7,9-11,15H,6,8H2,1H3/t10-,11-,15?/m1/s1. The van der Waals surface area contributed by atoms with E-state index in [1.165, 1.54) is 5.69 Å². The van der Waals surface area contributed by atoms with Crippen LogP contribution in [-0.2, 0) is 7.05 Å². The van der Waals surface area contributed by atoms with Crippen LogP contribution in [0.25, 0.3) is 0 Å². The van der Waals surface area contributed by atoms with Crippen LogP contribution in [0.4, 0.5) is 0 Å². The Hall–Kier alpha value is -2.83. The number of ether oxygens (including phenoxy) is 2. The van der Waals surface area contributed by atoms with Crippen molar-refractivity contribution in [1.82, 2.24) is 19.7 Å². The van der Waals surface area contributed by atoms with E-state index in [9.17, 15) is 0 Å². The maximum absolute atomic E-state index is 5.93. The first kappa shape index (κ1) is 13.6. The molecule has 0 bridgehead atoms. The van der Waals surface area contributed by atoms with E-state index in [2.05, 4.69) is 15.1 Å². The lowest BCUT2D eigenvalue weighted by molar-refractivity contribution is 0.0832. The summed E-state index contributed by atoms with van der Waals surface area (Å²) in [5.41, 5.74) is 1.20. The third-order valence-electron chi connectivity index (χ3n) is 4.60. The topological polar surface area (TPSA) is 75.2 Å². The van der Waals surface area contributed by atoms with Gasteiger partial charge in [-0.1, -0.05) is 17.3 Å². The van der Waals surface area contributed by atoms with E-state index in [1.807, 2.05) is 48.4 Å². The molecule has 1 unspecified atom stereocenters. The fraction of sp³-hybridized carbons (Fsp3) is 0.353. The predicted molar refractivity (Wildman–Crippen MR) is 82.9 cm³/mol. The van der Waals surface area contributed by atoms with Crippen molar-refractivity contribution in [3.05, 3.63) is 54.2 Å². The molecule has 2 aromatic heterocycles. The summed E-state index contributed by atoms with van der Waals surface area (Å²) in [5.74, 6) is 3.32. The van der Waals surface area contributed by atoms with E-state index in [4.69, 9.17) is 14.0 Å². The number of benzene rings is 1. The number of para-hydroxylation sites is 2. The van der Waals surface area contributed by atoms with Crippen LogP contribution >= 0.6 is 0 Å². The Balaban J connectivity index is 1.33. The fourth-order valence-electron chi connectivity index (χ4n) is 3.19. The molecule has 1 aliphatic heterocycles. The molecule has 122 valence electrons. The summed E-state index contributed by atoms with van der Waals surface area (Å²) in [6.45, 7) is 0.381. The zero-order valence-electron chi connectivity index (χ0n) is 13.1. The molecule has 1 fully saturated rings. The quantitative estimate of drug-likeness (QED) is 0.737. The van der Waals surface area contributed by atoms with Crippen LogP contribution in [0.1, 0.15) is 41.8 Å². The molecule has 24 heavy (non-hydrogen) atoms. The van der Waals surface area contributed by atoms with Crippen LogP contribution < -0.4 is 9.47 Å². The number of hydrogen-bond donors (Lipinski definition) is 0. The second kappa shape index (κ2) is 5.09. The normalized spacial score (nSPS) is 24.8. The third-order valence-corrected chi connectivity index (χ3v) is 4.60. The number of aryl methyl sites for hydroxylation is 1. The van der Waals surface area contributed by atoms with Gasteiger partial charge < -0.3 is 18.6 Å². The highest BCUT2D eigenvalue weighted by molar-refractivity contribution is 5.41. The summed E-state index contributed by atoms with van der Waals surface area (Å²) in [7, 11) is 2.00. The molecule has 0 spiro atoms. The van der Waals surface area contributed by atoms with Gasteiger partial charge in [0.05, 0.1) is 6.33 Å². The Morgan fingerprint density at radius 1 is 1.17 bits per heavy atom. The Morgan fingerprint density at radius 2 is 2.04 bits per heavy atom. The number of fused-ring (bicyclic) bond motifs is 1. The highest BCUT2D eigenvalue weighted by atomic mass is 16.6.